The van der Waals surface area contributed by atoms with Crippen molar-refractivity contribution in [3.63, 3.8) is 0 Å². The first kappa shape index (κ1) is 13.8. The van der Waals surface area contributed by atoms with E-state index in [4.69, 9.17) is 14.2 Å². The molecule has 0 unspecified atom stereocenters. The molecule has 2 bridgehead atoms. The fourth-order valence-corrected chi connectivity index (χ4v) is 4.75. The number of allylic oxidation sites excluding steroid dienone is 1. The van der Waals surface area contributed by atoms with Gasteiger partial charge in [-0.15, -0.1) is 0 Å². The minimum Gasteiger partial charge on any atom is -0.492 e. The van der Waals surface area contributed by atoms with Gasteiger partial charge in [-0.3, -0.25) is 4.79 Å². The Bertz CT molecular complexity index is 549. The Morgan fingerprint density at radius 3 is 2.67 bits per heavy atom. The molecule has 1 saturated heterocycles. The van der Waals surface area contributed by atoms with Gasteiger partial charge in [0.05, 0.1) is 12.4 Å². The van der Waals surface area contributed by atoms with E-state index in [9.17, 15) is 4.79 Å². The monoisotopic (exact) mass is 292 g/mol. The van der Waals surface area contributed by atoms with Crippen molar-refractivity contribution in [1.29, 1.82) is 0 Å². The third-order valence-electron chi connectivity index (χ3n) is 6.10. The first-order valence-electron chi connectivity index (χ1n) is 8.03. The van der Waals surface area contributed by atoms with Crippen molar-refractivity contribution in [2.24, 2.45) is 11.3 Å². The van der Waals surface area contributed by atoms with E-state index in [0.717, 1.165) is 25.0 Å². The lowest BCUT2D eigenvalue weighted by atomic mass is 9.64. The molecule has 4 rings (SSSR count). The molecule has 2 aliphatic heterocycles. The van der Waals surface area contributed by atoms with Gasteiger partial charge in [0.25, 0.3) is 0 Å². The largest absolute Gasteiger partial charge is 0.492 e. The first-order valence-corrected chi connectivity index (χ1v) is 8.03. The van der Waals surface area contributed by atoms with E-state index in [-0.39, 0.29) is 17.4 Å². The highest BCUT2D eigenvalue weighted by Gasteiger charge is 2.69. The Morgan fingerprint density at radius 1 is 1.24 bits per heavy atom. The summed E-state index contributed by atoms with van der Waals surface area (Å²) in [6.45, 7) is 8.73. The van der Waals surface area contributed by atoms with Gasteiger partial charge in [-0.1, -0.05) is 13.8 Å². The Kier molecular flexibility index (Phi) is 2.56. The third kappa shape index (κ3) is 1.61. The van der Waals surface area contributed by atoms with Crippen LogP contribution in [0.2, 0.25) is 0 Å². The van der Waals surface area contributed by atoms with Gasteiger partial charge in [-0.05, 0) is 32.3 Å². The molecule has 0 amide bonds. The average molecular weight is 292 g/mol. The zero-order valence-corrected chi connectivity index (χ0v) is 13.3. The molecule has 0 radical (unpaired) electrons. The number of fused-ring (bicyclic) bond motifs is 1. The van der Waals surface area contributed by atoms with Crippen molar-refractivity contribution in [3.8, 4) is 0 Å². The van der Waals surface area contributed by atoms with Crippen LogP contribution in [0, 0.1) is 11.3 Å². The molecule has 0 aromatic rings. The lowest BCUT2D eigenvalue weighted by Crippen LogP contribution is -2.57. The highest BCUT2D eigenvalue weighted by Crippen LogP contribution is 2.63. The number of hydrogen-bond donors (Lipinski definition) is 0. The Morgan fingerprint density at radius 2 is 2.00 bits per heavy atom. The summed E-state index contributed by atoms with van der Waals surface area (Å²) >= 11 is 0. The molecule has 0 aromatic carbocycles. The molecule has 4 heteroatoms. The molecule has 1 saturated carbocycles. The molecule has 4 atom stereocenters. The number of ketones is 1. The van der Waals surface area contributed by atoms with Gasteiger partial charge in [0.1, 0.15) is 17.5 Å². The van der Waals surface area contributed by atoms with Crippen molar-refractivity contribution in [1.82, 2.24) is 0 Å². The normalized spacial score (nSPS) is 47.7. The van der Waals surface area contributed by atoms with Gasteiger partial charge in [0.2, 0.25) is 0 Å². The molecule has 0 N–H and O–H groups in total. The zero-order chi connectivity index (χ0) is 15.0. The molecule has 2 fully saturated rings. The van der Waals surface area contributed by atoms with Crippen LogP contribution in [0.5, 0.6) is 0 Å². The second-order valence-electron chi connectivity index (χ2n) is 7.81. The quantitative estimate of drug-likeness (QED) is 0.688. The second-order valence-corrected chi connectivity index (χ2v) is 7.81. The number of Topliss-reactive ketones (excluding diaryl/α,β-unsaturated/α-hetero) is 1. The third-order valence-corrected chi connectivity index (χ3v) is 6.10. The van der Waals surface area contributed by atoms with Crippen molar-refractivity contribution in [2.45, 2.75) is 70.9 Å². The van der Waals surface area contributed by atoms with Gasteiger partial charge in [-0.25, -0.2) is 0 Å². The van der Waals surface area contributed by atoms with E-state index in [1.54, 1.807) is 0 Å². The smallest absolute Gasteiger partial charge is 0.163 e. The number of rotatable bonds is 0. The number of ether oxygens (including phenoxy) is 3. The summed E-state index contributed by atoms with van der Waals surface area (Å²) in [5, 5.41) is 0. The van der Waals surface area contributed by atoms with Gasteiger partial charge in [0.15, 0.2) is 5.79 Å². The van der Waals surface area contributed by atoms with Crippen molar-refractivity contribution in [3.05, 3.63) is 11.3 Å². The minimum absolute atomic E-state index is 0.0587. The van der Waals surface area contributed by atoms with Crippen LogP contribution in [0.4, 0.5) is 0 Å². The molecule has 4 aliphatic rings. The number of hydrogen-bond acceptors (Lipinski definition) is 4. The molecular weight excluding hydrogens is 268 g/mol. The molecule has 21 heavy (non-hydrogen) atoms. The maximum absolute atomic E-state index is 12.2. The van der Waals surface area contributed by atoms with Crippen LogP contribution >= 0.6 is 0 Å². The van der Waals surface area contributed by atoms with Gasteiger partial charge in [0, 0.05) is 24.2 Å². The van der Waals surface area contributed by atoms with Crippen molar-refractivity contribution in [2.75, 3.05) is 6.61 Å². The first-order chi connectivity index (χ1) is 9.77. The highest BCUT2D eigenvalue weighted by atomic mass is 16.8. The standard InChI is InChI=1S/C17H24O4/c1-10-7-13-11(8-12(10)18)16(4)6-5-14(20-13)17(16)9-19-15(2,3)21-17/h10,14H,5-9H2,1-4H3/t10-,14+,16+,17-/m0/s1. The Labute approximate surface area is 125 Å². The Hall–Kier alpha value is -0.870. The van der Waals surface area contributed by atoms with Crippen LogP contribution in [0.15, 0.2) is 11.3 Å². The SMILES string of the molecule is C[C@H]1CC2=C(CC1=O)[C@@]1(C)CC[C@@H](O2)[C@@]12COC(C)(C)O2. The van der Waals surface area contributed by atoms with E-state index in [1.807, 2.05) is 20.8 Å². The maximum atomic E-state index is 12.2. The molecule has 2 aliphatic carbocycles. The van der Waals surface area contributed by atoms with E-state index in [0.29, 0.717) is 18.8 Å². The average Bonchev–Trinajstić information content (AvgIpc) is 2.80. The fourth-order valence-electron chi connectivity index (χ4n) is 4.75. The van der Waals surface area contributed by atoms with Crippen LogP contribution in [0.25, 0.3) is 0 Å². The molecule has 4 nitrogen and oxygen atoms in total. The van der Waals surface area contributed by atoms with E-state index >= 15 is 0 Å². The summed E-state index contributed by atoms with van der Waals surface area (Å²) in [5.41, 5.74) is 0.631. The number of carbonyl (C=O) groups excluding carboxylic acids is 1. The van der Waals surface area contributed by atoms with Crippen LogP contribution in [-0.2, 0) is 19.0 Å². The predicted octanol–water partition coefficient (Wildman–Crippen LogP) is 2.96. The molecule has 1 spiro atoms. The maximum Gasteiger partial charge on any atom is 0.163 e. The summed E-state index contributed by atoms with van der Waals surface area (Å²) in [7, 11) is 0. The lowest BCUT2D eigenvalue weighted by Gasteiger charge is -2.50. The zero-order valence-electron chi connectivity index (χ0n) is 13.3. The van der Waals surface area contributed by atoms with Crippen molar-refractivity contribution < 1.29 is 19.0 Å². The van der Waals surface area contributed by atoms with E-state index in [1.165, 1.54) is 5.57 Å². The summed E-state index contributed by atoms with van der Waals surface area (Å²) in [4.78, 5) is 12.2. The van der Waals surface area contributed by atoms with E-state index in [2.05, 4.69) is 6.92 Å². The fraction of sp³-hybridized carbons (Fsp3) is 0.824. The predicted molar refractivity (Wildman–Crippen MR) is 76.5 cm³/mol. The molecule has 116 valence electrons. The van der Waals surface area contributed by atoms with E-state index < -0.39 is 11.4 Å². The van der Waals surface area contributed by atoms with Gasteiger partial charge >= 0.3 is 0 Å². The van der Waals surface area contributed by atoms with Crippen LogP contribution in [0.3, 0.4) is 0 Å². The second kappa shape index (κ2) is 3.90. The minimum atomic E-state index is -0.572. The van der Waals surface area contributed by atoms with Gasteiger partial charge < -0.3 is 14.2 Å². The summed E-state index contributed by atoms with van der Waals surface area (Å²) in [6, 6.07) is 0. The summed E-state index contributed by atoms with van der Waals surface area (Å²) in [6.07, 6.45) is 3.32. The lowest BCUT2D eigenvalue weighted by molar-refractivity contribution is -0.209. The van der Waals surface area contributed by atoms with Crippen LogP contribution in [0.1, 0.15) is 53.4 Å². The van der Waals surface area contributed by atoms with Crippen LogP contribution < -0.4 is 0 Å². The topological polar surface area (TPSA) is 44.8 Å². The summed E-state index contributed by atoms with van der Waals surface area (Å²) < 4.78 is 18.6. The van der Waals surface area contributed by atoms with Gasteiger partial charge in [-0.2, -0.15) is 0 Å². The molecule has 2 heterocycles. The van der Waals surface area contributed by atoms with Crippen molar-refractivity contribution >= 4 is 5.78 Å². The summed E-state index contributed by atoms with van der Waals surface area (Å²) in [5.74, 6) is 0.901. The number of carbonyl (C=O) groups is 1. The molecule has 0 aromatic heterocycles. The highest BCUT2D eigenvalue weighted by molar-refractivity contribution is 5.85. The van der Waals surface area contributed by atoms with Crippen LogP contribution in [-0.4, -0.2) is 29.9 Å². The Balaban J connectivity index is 1.80. The molecular formula is C17H24O4.